The van der Waals surface area contributed by atoms with Crippen molar-refractivity contribution in [2.45, 2.75) is 39.3 Å². The van der Waals surface area contributed by atoms with Gasteiger partial charge >= 0.3 is 0 Å². The molecule has 0 radical (unpaired) electrons. The van der Waals surface area contributed by atoms with E-state index in [2.05, 4.69) is 19.2 Å². The first-order valence-electron chi connectivity index (χ1n) is 8.78. The number of rotatable bonds is 8. The predicted molar refractivity (Wildman–Crippen MR) is 101 cm³/mol. The summed E-state index contributed by atoms with van der Waals surface area (Å²) in [7, 11) is 0. The van der Waals surface area contributed by atoms with E-state index in [1.807, 2.05) is 61.5 Å². The van der Waals surface area contributed by atoms with Crippen LogP contribution < -0.4 is 15.8 Å². The summed E-state index contributed by atoms with van der Waals surface area (Å²) in [6, 6.07) is 17.0. The molecule has 0 saturated heterocycles. The minimum absolute atomic E-state index is 0.103. The van der Waals surface area contributed by atoms with Gasteiger partial charge in [-0.15, -0.1) is 0 Å². The first kappa shape index (κ1) is 19.0. The molecular formula is C21H28N2O2. The minimum atomic E-state index is -0.557. The highest BCUT2D eigenvalue weighted by molar-refractivity contribution is 5.82. The second-order valence-corrected chi connectivity index (χ2v) is 6.80. The van der Waals surface area contributed by atoms with Crippen LogP contribution >= 0.6 is 0 Å². The summed E-state index contributed by atoms with van der Waals surface area (Å²) < 4.78 is 5.68. The smallest absolute Gasteiger partial charge is 0.237 e. The molecule has 0 aliphatic carbocycles. The maximum Gasteiger partial charge on any atom is 0.237 e. The highest BCUT2D eigenvalue weighted by Gasteiger charge is 2.17. The molecule has 2 aromatic carbocycles. The molecular weight excluding hydrogens is 312 g/mol. The van der Waals surface area contributed by atoms with Crippen LogP contribution in [0.1, 0.15) is 37.9 Å². The molecule has 2 rings (SSSR count). The quantitative estimate of drug-likeness (QED) is 0.773. The predicted octanol–water partition coefficient (Wildman–Crippen LogP) is 3.47. The van der Waals surface area contributed by atoms with Crippen LogP contribution in [-0.4, -0.2) is 18.6 Å². The molecule has 0 saturated carbocycles. The van der Waals surface area contributed by atoms with Crippen molar-refractivity contribution < 1.29 is 9.53 Å². The second kappa shape index (κ2) is 9.23. The van der Waals surface area contributed by atoms with Gasteiger partial charge in [0, 0.05) is 0 Å². The average molecular weight is 340 g/mol. The zero-order chi connectivity index (χ0) is 18.2. The van der Waals surface area contributed by atoms with E-state index in [9.17, 15) is 4.79 Å². The molecule has 4 heteroatoms. The van der Waals surface area contributed by atoms with Crippen LogP contribution in [0.5, 0.6) is 5.75 Å². The summed E-state index contributed by atoms with van der Waals surface area (Å²) in [5, 5.41) is 2.98. The summed E-state index contributed by atoms with van der Waals surface area (Å²) in [6.45, 7) is 6.88. The molecule has 0 heterocycles. The van der Waals surface area contributed by atoms with Gasteiger partial charge in [-0.05, 0) is 42.5 Å². The van der Waals surface area contributed by atoms with Crippen LogP contribution in [0, 0.1) is 5.92 Å². The number of benzene rings is 2. The van der Waals surface area contributed by atoms with Crippen molar-refractivity contribution in [1.29, 1.82) is 0 Å². The third kappa shape index (κ3) is 6.24. The van der Waals surface area contributed by atoms with Crippen molar-refractivity contribution in [3.63, 3.8) is 0 Å². The largest absolute Gasteiger partial charge is 0.493 e. The van der Waals surface area contributed by atoms with Gasteiger partial charge in [0.1, 0.15) is 5.75 Å². The lowest BCUT2D eigenvalue weighted by Crippen LogP contribution is -2.42. The zero-order valence-corrected chi connectivity index (χ0v) is 15.2. The number of hydrogen-bond acceptors (Lipinski definition) is 3. The molecule has 3 N–H and O–H groups in total. The maximum atomic E-state index is 12.3. The lowest BCUT2D eigenvalue weighted by Gasteiger charge is -2.18. The standard InChI is InChI=1S/C21H28N2O2/c1-15(2)14-25-19-11-9-18(10-12-19)16(3)23-21(24)20(22)13-17-7-5-4-6-8-17/h4-12,15-16,20H,13-14,22H2,1-3H3,(H,23,24)/t16?,20-/m0/s1. The molecule has 0 fully saturated rings. The van der Waals surface area contributed by atoms with Crippen LogP contribution in [0.4, 0.5) is 0 Å². The fourth-order valence-corrected chi connectivity index (χ4v) is 2.48. The molecule has 0 spiro atoms. The van der Waals surface area contributed by atoms with Crippen LogP contribution in [0.3, 0.4) is 0 Å². The van der Waals surface area contributed by atoms with Crippen LogP contribution in [-0.2, 0) is 11.2 Å². The van der Waals surface area contributed by atoms with Crippen molar-refractivity contribution in [2.75, 3.05) is 6.61 Å². The maximum absolute atomic E-state index is 12.3. The summed E-state index contributed by atoms with van der Waals surface area (Å²) >= 11 is 0. The summed E-state index contributed by atoms with van der Waals surface area (Å²) in [5.74, 6) is 1.19. The SMILES string of the molecule is CC(C)COc1ccc(C(C)NC(=O)[C@@H](N)Cc2ccccc2)cc1. The summed E-state index contributed by atoms with van der Waals surface area (Å²) in [4.78, 5) is 12.3. The summed E-state index contributed by atoms with van der Waals surface area (Å²) in [5.41, 5.74) is 8.12. The van der Waals surface area contributed by atoms with E-state index in [-0.39, 0.29) is 11.9 Å². The lowest BCUT2D eigenvalue weighted by atomic mass is 10.0. The number of carbonyl (C=O) groups is 1. The van der Waals surface area contributed by atoms with E-state index >= 15 is 0 Å². The normalized spacial score (nSPS) is 13.3. The van der Waals surface area contributed by atoms with Gasteiger partial charge in [-0.1, -0.05) is 56.3 Å². The topological polar surface area (TPSA) is 64.3 Å². The van der Waals surface area contributed by atoms with E-state index < -0.39 is 6.04 Å². The Morgan fingerprint density at radius 3 is 2.28 bits per heavy atom. The molecule has 0 aliphatic rings. The van der Waals surface area contributed by atoms with Gasteiger partial charge in [0.25, 0.3) is 0 Å². The molecule has 0 aliphatic heterocycles. The Morgan fingerprint density at radius 1 is 1.04 bits per heavy atom. The van der Waals surface area contributed by atoms with E-state index in [1.54, 1.807) is 0 Å². The molecule has 0 aromatic heterocycles. The van der Waals surface area contributed by atoms with Crippen molar-refractivity contribution in [2.24, 2.45) is 11.7 Å². The Morgan fingerprint density at radius 2 is 1.68 bits per heavy atom. The fraction of sp³-hybridized carbons (Fsp3) is 0.381. The van der Waals surface area contributed by atoms with Crippen molar-refractivity contribution >= 4 is 5.91 Å². The summed E-state index contributed by atoms with van der Waals surface area (Å²) in [6.07, 6.45) is 0.529. The Kier molecular flexibility index (Phi) is 7.02. The Hall–Kier alpha value is -2.33. The van der Waals surface area contributed by atoms with E-state index in [0.29, 0.717) is 18.9 Å². The van der Waals surface area contributed by atoms with E-state index in [0.717, 1.165) is 16.9 Å². The van der Waals surface area contributed by atoms with Gasteiger partial charge in [0.2, 0.25) is 5.91 Å². The zero-order valence-electron chi connectivity index (χ0n) is 15.2. The molecule has 1 amide bonds. The lowest BCUT2D eigenvalue weighted by molar-refractivity contribution is -0.123. The number of amides is 1. The molecule has 134 valence electrons. The van der Waals surface area contributed by atoms with Gasteiger partial charge in [-0.2, -0.15) is 0 Å². The van der Waals surface area contributed by atoms with Crippen molar-refractivity contribution in [3.8, 4) is 5.75 Å². The van der Waals surface area contributed by atoms with Gasteiger partial charge in [-0.3, -0.25) is 4.79 Å². The van der Waals surface area contributed by atoms with Gasteiger partial charge in [-0.25, -0.2) is 0 Å². The number of carbonyl (C=O) groups excluding carboxylic acids is 1. The molecule has 2 atom stereocenters. The third-order valence-corrected chi connectivity index (χ3v) is 3.96. The van der Waals surface area contributed by atoms with Crippen LogP contribution in [0.25, 0.3) is 0 Å². The minimum Gasteiger partial charge on any atom is -0.493 e. The molecule has 1 unspecified atom stereocenters. The van der Waals surface area contributed by atoms with E-state index in [1.165, 1.54) is 0 Å². The first-order valence-corrected chi connectivity index (χ1v) is 8.78. The molecule has 0 bridgehead atoms. The van der Waals surface area contributed by atoms with Gasteiger partial charge < -0.3 is 15.8 Å². The van der Waals surface area contributed by atoms with E-state index in [4.69, 9.17) is 10.5 Å². The van der Waals surface area contributed by atoms with Gasteiger partial charge in [0.05, 0.1) is 18.7 Å². The average Bonchev–Trinajstić information content (AvgIpc) is 2.61. The molecule has 25 heavy (non-hydrogen) atoms. The number of ether oxygens (including phenoxy) is 1. The highest BCUT2D eigenvalue weighted by Crippen LogP contribution is 2.18. The number of nitrogens with one attached hydrogen (secondary N) is 1. The fourth-order valence-electron chi connectivity index (χ4n) is 2.48. The Bertz CT molecular complexity index is 653. The monoisotopic (exact) mass is 340 g/mol. The number of nitrogens with two attached hydrogens (primary N) is 1. The van der Waals surface area contributed by atoms with Crippen molar-refractivity contribution in [3.05, 3.63) is 65.7 Å². The Labute approximate surface area is 150 Å². The van der Waals surface area contributed by atoms with Crippen LogP contribution in [0.15, 0.2) is 54.6 Å². The second-order valence-electron chi connectivity index (χ2n) is 6.80. The highest BCUT2D eigenvalue weighted by atomic mass is 16.5. The number of hydrogen-bond donors (Lipinski definition) is 2. The molecule has 2 aromatic rings. The third-order valence-electron chi connectivity index (χ3n) is 3.96. The molecule has 4 nitrogen and oxygen atoms in total. The van der Waals surface area contributed by atoms with Crippen molar-refractivity contribution in [1.82, 2.24) is 5.32 Å². The van der Waals surface area contributed by atoms with Crippen LogP contribution in [0.2, 0.25) is 0 Å². The first-order chi connectivity index (χ1) is 12.0. The van der Waals surface area contributed by atoms with Gasteiger partial charge in [0.15, 0.2) is 0 Å². The Balaban J connectivity index is 1.87.